The first-order valence-electron chi connectivity index (χ1n) is 6.99. The average Bonchev–Trinajstić information content (AvgIpc) is 2.87. The molecule has 0 aromatic rings. The number of carboxylic acid groups (broad SMARTS) is 1. The third-order valence-electron chi connectivity index (χ3n) is 4.12. The predicted octanol–water partition coefficient (Wildman–Crippen LogP) is 0.539. The first-order chi connectivity index (χ1) is 8.99. The van der Waals surface area contributed by atoms with E-state index >= 15 is 0 Å². The van der Waals surface area contributed by atoms with Gasteiger partial charge in [0.15, 0.2) is 0 Å². The number of likely N-dealkylation sites (tertiary alicyclic amines) is 1. The van der Waals surface area contributed by atoms with E-state index in [1.807, 2.05) is 4.90 Å². The second-order valence-corrected chi connectivity index (χ2v) is 5.67. The summed E-state index contributed by atoms with van der Waals surface area (Å²) in [5.41, 5.74) is 0. The molecule has 0 saturated carbocycles. The molecule has 108 valence electrons. The van der Waals surface area contributed by atoms with Gasteiger partial charge in [0.1, 0.15) is 0 Å². The molecule has 0 bridgehead atoms. The number of amides is 2. The second kappa shape index (κ2) is 5.77. The summed E-state index contributed by atoms with van der Waals surface area (Å²) in [4.78, 5) is 29.1. The fourth-order valence-corrected chi connectivity index (χ4v) is 2.77. The second-order valence-electron chi connectivity index (χ2n) is 5.67. The maximum absolute atomic E-state index is 12.3. The van der Waals surface area contributed by atoms with Crippen LogP contribution in [-0.2, 0) is 4.79 Å². The third kappa shape index (κ3) is 3.18. The molecule has 19 heavy (non-hydrogen) atoms. The number of hydrogen-bond donors (Lipinski definition) is 1. The van der Waals surface area contributed by atoms with Crippen molar-refractivity contribution in [2.75, 3.05) is 39.3 Å². The van der Waals surface area contributed by atoms with E-state index in [0.717, 1.165) is 26.2 Å². The van der Waals surface area contributed by atoms with Crippen LogP contribution in [0.1, 0.15) is 20.3 Å². The summed E-state index contributed by atoms with van der Waals surface area (Å²) in [6.07, 6.45) is 0.576. The van der Waals surface area contributed by atoms with E-state index < -0.39 is 5.97 Å². The summed E-state index contributed by atoms with van der Waals surface area (Å²) in [6.45, 7) is 8.54. The van der Waals surface area contributed by atoms with Gasteiger partial charge in [-0.25, -0.2) is 4.79 Å². The van der Waals surface area contributed by atoms with Gasteiger partial charge in [-0.05, 0) is 20.3 Å². The molecule has 0 spiro atoms. The van der Waals surface area contributed by atoms with Crippen LogP contribution in [0.25, 0.3) is 0 Å². The van der Waals surface area contributed by atoms with Crippen LogP contribution < -0.4 is 0 Å². The highest BCUT2D eigenvalue weighted by atomic mass is 16.4. The van der Waals surface area contributed by atoms with Gasteiger partial charge in [0.05, 0.1) is 5.92 Å². The summed E-state index contributed by atoms with van der Waals surface area (Å²) in [7, 11) is 0. The van der Waals surface area contributed by atoms with Gasteiger partial charge in [-0.1, -0.05) is 0 Å². The summed E-state index contributed by atoms with van der Waals surface area (Å²) in [6, 6.07) is 0.521. The Kier molecular flexibility index (Phi) is 4.29. The molecule has 0 aromatic carbocycles. The lowest BCUT2D eigenvalue weighted by Crippen LogP contribution is -2.53. The van der Waals surface area contributed by atoms with E-state index in [0.29, 0.717) is 25.6 Å². The Balaban J connectivity index is 1.83. The molecule has 1 atom stereocenters. The number of carbonyl (C=O) groups is 2. The standard InChI is InChI=1S/C13H23N3O3/c1-10(2)14-5-7-15(8-6-14)13(19)16-4-3-11(9-16)12(17)18/h10-11H,3-9H2,1-2H3,(H,17,18). The minimum absolute atomic E-state index is 0.00663. The summed E-state index contributed by atoms with van der Waals surface area (Å²) in [5, 5.41) is 8.96. The molecule has 0 radical (unpaired) electrons. The van der Waals surface area contributed by atoms with Gasteiger partial charge in [0.25, 0.3) is 0 Å². The Hall–Kier alpha value is -1.30. The zero-order valence-corrected chi connectivity index (χ0v) is 11.7. The number of aliphatic carboxylic acids is 1. The zero-order valence-electron chi connectivity index (χ0n) is 11.7. The number of urea groups is 1. The van der Waals surface area contributed by atoms with Crippen LogP contribution in [0.2, 0.25) is 0 Å². The fraction of sp³-hybridized carbons (Fsp3) is 0.846. The fourth-order valence-electron chi connectivity index (χ4n) is 2.77. The molecular formula is C13H23N3O3. The molecule has 1 N–H and O–H groups in total. The van der Waals surface area contributed by atoms with E-state index in [1.165, 1.54) is 0 Å². The minimum atomic E-state index is -0.792. The van der Waals surface area contributed by atoms with Crippen LogP contribution in [0.5, 0.6) is 0 Å². The molecular weight excluding hydrogens is 246 g/mol. The molecule has 0 aromatic heterocycles. The van der Waals surface area contributed by atoms with E-state index in [9.17, 15) is 9.59 Å². The molecule has 2 aliphatic heterocycles. The van der Waals surface area contributed by atoms with Gasteiger partial charge < -0.3 is 14.9 Å². The molecule has 2 amide bonds. The molecule has 0 aliphatic carbocycles. The van der Waals surface area contributed by atoms with E-state index in [2.05, 4.69) is 18.7 Å². The third-order valence-corrected chi connectivity index (χ3v) is 4.12. The summed E-state index contributed by atoms with van der Waals surface area (Å²) in [5.74, 6) is -1.18. The highest BCUT2D eigenvalue weighted by Gasteiger charge is 2.34. The number of hydrogen-bond acceptors (Lipinski definition) is 3. The van der Waals surface area contributed by atoms with E-state index in [1.54, 1.807) is 4.90 Å². The first-order valence-corrected chi connectivity index (χ1v) is 6.99. The average molecular weight is 269 g/mol. The Bertz CT molecular complexity index is 351. The normalized spacial score (nSPS) is 25.1. The topological polar surface area (TPSA) is 64.1 Å². The number of piperazine rings is 1. The lowest BCUT2D eigenvalue weighted by Gasteiger charge is -2.38. The highest BCUT2D eigenvalue weighted by Crippen LogP contribution is 2.18. The van der Waals surface area contributed by atoms with Crippen LogP contribution in [0.15, 0.2) is 0 Å². The maximum atomic E-state index is 12.3. The van der Waals surface area contributed by atoms with Crippen molar-refractivity contribution in [2.45, 2.75) is 26.3 Å². The Labute approximate surface area is 114 Å². The molecule has 2 aliphatic rings. The van der Waals surface area contributed by atoms with E-state index in [-0.39, 0.29) is 11.9 Å². The van der Waals surface area contributed by atoms with Gasteiger partial charge in [-0.3, -0.25) is 9.69 Å². The molecule has 2 saturated heterocycles. The monoisotopic (exact) mass is 269 g/mol. The largest absolute Gasteiger partial charge is 0.481 e. The van der Waals surface area contributed by atoms with Crippen molar-refractivity contribution in [3.8, 4) is 0 Å². The number of carbonyl (C=O) groups excluding carboxylic acids is 1. The van der Waals surface area contributed by atoms with Crippen LogP contribution >= 0.6 is 0 Å². The molecule has 6 heteroatoms. The Morgan fingerprint density at radius 2 is 1.68 bits per heavy atom. The molecule has 2 fully saturated rings. The Morgan fingerprint density at radius 1 is 1.05 bits per heavy atom. The molecule has 6 nitrogen and oxygen atoms in total. The van der Waals surface area contributed by atoms with Crippen LogP contribution in [0.3, 0.4) is 0 Å². The van der Waals surface area contributed by atoms with Crippen molar-refractivity contribution in [1.29, 1.82) is 0 Å². The van der Waals surface area contributed by atoms with E-state index in [4.69, 9.17) is 5.11 Å². The number of nitrogens with zero attached hydrogens (tertiary/aromatic N) is 3. The minimum Gasteiger partial charge on any atom is -0.481 e. The first kappa shape index (κ1) is 14.1. The smallest absolute Gasteiger partial charge is 0.320 e. The van der Waals surface area contributed by atoms with Gasteiger partial charge in [0.2, 0.25) is 0 Å². The number of rotatable bonds is 2. The van der Waals surface area contributed by atoms with Gasteiger partial charge in [-0.2, -0.15) is 0 Å². The lowest BCUT2D eigenvalue weighted by molar-refractivity contribution is -0.141. The predicted molar refractivity (Wildman–Crippen MR) is 71.0 cm³/mol. The van der Waals surface area contributed by atoms with Gasteiger partial charge in [0, 0.05) is 45.3 Å². The molecule has 2 rings (SSSR count). The lowest BCUT2D eigenvalue weighted by atomic mass is 10.1. The van der Waals surface area contributed by atoms with Crippen LogP contribution in [-0.4, -0.2) is 77.1 Å². The Morgan fingerprint density at radius 3 is 2.16 bits per heavy atom. The van der Waals surface area contributed by atoms with Crippen LogP contribution in [0, 0.1) is 5.92 Å². The van der Waals surface area contributed by atoms with Gasteiger partial charge in [-0.15, -0.1) is 0 Å². The summed E-state index contributed by atoms with van der Waals surface area (Å²) < 4.78 is 0. The number of carboxylic acids is 1. The van der Waals surface area contributed by atoms with Crippen molar-refractivity contribution in [3.63, 3.8) is 0 Å². The van der Waals surface area contributed by atoms with Crippen molar-refractivity contribution in [2.24, 2.45) is 5.92 Å². The quantitative estimate of drug-likeness (QED) is 0.794. The van der Waals surface area contributed by atoms with Crippen molar-refractivity contribution in [3.05, 3.63) is 0 Å². The maximum Gasteiger partial charge on any atom is 0.320 e. The van der Waals surface area contributed by atoms with Crippen molar-refractivity contribution < 1.29 is 14.7 Å². The van der Waals surface area contributed by atoms with Crippen LogP contribution in [0.4, 0.5) is 4.79 Å². The zero-order chi connectivity index (χ0) is 14.0. The highest BCUT2D eigenvalue weighted by molar-refractivity contribution is 5.77. The molecule has 2 heterocycles. The molecule has 1 unspecified atom stereocenters. The van der Waals surface area contributed by atoms with Crippen molar-refractivity contribution in [1.82, 2.24) is 14.7 Å². The summed E-state index contributed by atoms with van der Waals surface area (Å²) >= 11 is 0. The van der Waals surface area contributed by atoms with Gasteiger partial charge >= 0.3 is 12.0 Å². The van der Waals surface area contributed by atoms with Crippen molar-refractivity contribution >= 4 is 12.0 Å². The SMILES string of the molecule is CC(C)N1CCN(C(=O)N2CCC(C(=O)O)C2)CC1.